The van der Waals surface area contributed by atoms with Crippen LogP contribution in [-0.4, -0.2) is 25.2 Å². The molecule has 0 aromatic heterocycles. The van der Waals surface area contributed by atoms with Gasteiger partial charge in [0.25, 0.3) is 0 Å². The zero-order valence-electron chi connectivity index (χ0n) is 13.9. The van der Waals surface area contributed by atoms with Crippen molar-refractivity contribution in [2.75, 3.05) is 13.2 Å². The van der Waals surface area contributed by atoms with Gasteiger partial charge in [-0.3, -0.25) is 4.79 Å². The molecule has 0 saturated carbocycles. The van der Waals surface area contributed by atoms with Gasteiger partial charge in [-0.1, -0.05) is 39.3 Å². The number of carbonyl (C=O) groups excluding carboxylic acids is 1. The number of rotatable bonds is 9. The van der Waals surface area contributed by atoms with Crippen LogP contribution >= 0.6 is 0 Å². The number of nitrogens with one attached hydrogen (secondary N) is 1. The molecule has 0 saturated heterocycles. The quantitative estimate of drug-likeness (QED) is 0.704. The number of hydrogen-bond donors (Lipinski definition) is 1. The summed E-state index contributed by atoms with van der Waals surface area (Å²) < 4.78 is 11.1. The van der Waals surface area contributed by atoms with Crippen LogP contribution in [-0.2, 0) is 14.3 Å². The summed E-state index contributed by atoms with van der Waals surface area (Å²) in [5.41, 5.74) is 0. The van der Waals surface area contributed by atoms with Crippen LogP contribution in [0.15, 0.2) is 36.3 Å². The lowest BCUT2D eigenvalue weighted by Gasteiger charge is -2.16. The molecular weight excluding hydrogens is 278 g/mol. The van der Waals surface area contributed by atoms with Gasteiger partial charge < -0.3 is 14.8 Å². The Kier molecular flexibility index (Phi) is 9.12. The standard InChI is InChI=1S/C18H29NO3/c1-4-9-15(10-5-2)19-18(20)12-7-11-17-16(6-3)21-13-8-14-22-17/h6-7,11,15H,3-5,8-10,12-14H2,1-2H3,(H,19,20)/b11-7-. The largest absolute Gasteiger partial charge is 0.490 e. The van der Waals surface area contributed by atoms with E-state index < -0.39 is 0 Å². The van der Waals surface area contributed by atoms with E-state index in [9.17, 15) is 4.79 Å². The molecule has 0 radical (unpaired) electrons. The first-order valence-corrected chi connectivity index (χ1v) is 8.29. The molecule has 1 amide bonds. The molecule has 0 bridgehead atoms. The highest BCUT2D eigenvalue weighted by Crippen LogP contribution is 2.15. The van der Waals surface area contributed by atoms with Crippen LogP contribution in [0.1, 0.15) is 52.4 Å². The van der Waals surface area contributed by atoms with Crippen molar-refractivity contribution in [3.63, 3.8) is 0 Å². The summed E-state index contributed by atoms with van der Waals surface area (Å²) in [5.74, 6) is 1.35. The molecule has 1 rings (SSSR count). The number of ether oxygens (including phenoxy) is 2. The highest BCUT2D eigenvalue weighted by Gasteiger charge is 2.11. The Hall–Kier alpha value is -1.71. The zero-order valence-corrected chi connectivity index (χ0v) is 13.9. The Bertz CT molecular complexity index is 407. The molecule has 0 spiro atoms. The second-order valence-corrected chi connectivity index (χ2v) is 5.43. The Morgan fingerprint density at radius 3 is 2.45 bits per heavy atom. The number of amides is 1. The molecule has 4 nitrogen and oxygen atoms in total. The maximum Gasteiger partial charge on any atom is 0.224 e. The highest BCUT2D eigenvalue weighted by atomic mass is 16.5. The van der Waals surface area contributed by atoms with Crippen molar-refractivity contribution in [3.8, 4) is 0 Å². The Labute approximate surface area is 134 Å². The number of carbonyl (C=O) groups is 1. The minimum Gasteiger partial charge on any atom is -0.490 e. The van der Waals surface area contributed by atoms with Crippen molar-refractivity contribution in [1.82, 2.24) is 5.32 Å². The monoisotopic (exact) mass is 307 g/mol. The van der Waals surface area contributed by atoms with Crippen LogP contribution in [0.5, 0.6) is 0 Å². The van der Waals surface area contributed by atoms with Gasteiger partial charge in [0.05, 0.1) is 13.2 Å². The lowest BCUT2D eigenvalue weighted by atomic mass is 10.1. The molecule has 0 aromatic rings. The normalized spacial score (nSPS) is 15.4. The van der Waals surface area contributed by atoms with Crippen molar-refractivity contribution in [3.05, 3.63) is 36.3 Å². The number of hydrogen-bond acceptors (Lipinski definition) is 3. The summed E-state index contributed by atoms with van der Waals surface area (Å²) in [6, 6.07) is 0.288. The van der Waals surface area contributed by atoms with Gasteiger partial charge in [0.15, 0.2) is 11.5 Å². The second kappa shape index (κ2) is 10.9. The second-order valence-electron chi connectivity index (χ2n) is 5.43. The Morgan fingerprint density at radius 2 is 1.86 bits per heavy atom. The fourth-order valence-corrected chi connectivity index (χ4v) is 2.40. The Morgan fingerprint density at radius 1 is 1.23 bits per heavy atom. The van der Waals surface area contributed by atoms with Gasteiger partial charge in [-0.05, 0) is 25.0 Å². The molecule has 1 N–H and O–H groups in total. The van der Waals surface area contributed by atoms with Crippen LogP contribution < -0.4 is 5.32 Å². The molecule has 4 heteroatoms. The summed E-state index contributed by atoms with van der Waals surface area (Å²) in [7, 11) is 0. The van der Waals surface area contributed by atoms with Crippen molar-refractivity contribution in [1.29, 1.82) is 0 Å². The van der Waals surface area contributed by atoms with Crippen LogP contribution in [0.2, 0.25) is 0 Å². The van der Waals surface area contributed by atoms with Gasteiger partial charge in [0.2, 0.25) is 5.91 Å². The van der Waals surface area contributed by atoms with Crippen molar-refractivity contribution >= 4 is 5.91 Å². The molecule has 0 atom stereocenters. The molecule has 0 unspecified atom stereocenters. The predicted octanol–water partition coefficient (Wildman–Crippen LogP) is 3.85. The van der Waals surface area contributed by atoms with E-state index in [1.807, 2.05) is 6.08 Å². The first-order valence-electron chi connectivity index (χ1n) is 8.29. The van der Waals surface area contributed by atoms with Crippen molar-refractivity contribution < 1.29 is 14.3 Å². The zero-order chi connectivity index (χ0) is 16.2. The number of allylic oxidation sites excluding steroid dienone is 2. The van der Waals surface area contributed by atoms with Gasteiger partial charge in [-0.25, -0.2) is 0 Å². The SMILES string of the molecule is C=CC1=C(/C=C\CC(=O)NC(CCC)CCC)OCCCO1. The Balaban J connectivity index is 2.50. The lowest BCUT2D eigenvalue weighted by Crippen LogP contribution is -2.34. The molecule has 0 aliphatic carbocycles. The smallest absolute Gasteiger partial charge is 0.224 e. The van der Waals surface area contributed by atoms with Crippen LogP contribution in [0.4, 0.5) is 0 Å². The minimum absolute atomic E-state index is 0.0541. The molecule has 124 valence electrons. The maximum atomic E-state index is 12.0. The molecule has 0 fully saturated rings. The average molecular weight is 307 g/mol. The van der Waals surface area contributed by atoms with E-state index in [0.29, 0.717) is 31.2 Å². The summed E-state index contributed by atoms with van der Waals surface area (Å²) >= 11 is 0. The van der Waals surface area contributed by atoms with E-state index in [0.717, 1.165) is 32.1 Å². The molecule has 1 heterocycles. The third kappa shape index (κ3) is 6.83. The summed E-state index contributed by atoms with van der Waals surface area (Å²) in [6.07, 6.45) is 10.7. The van der Waals surface area contributed by atoms with Crippen LogP contribution in [0, 0.1) is 0 Å². The average Bonchev–Trinajstić information content (AvgIpc) is 2.72. The van der Waals surface area contributed by atoms with E-state index in [2.05, 4.69) is 25.7 Å². The molecule has 1 aliphatic heterocycles. The maximum absolute atomic E-state index is 12.0. The van der Waals surface area contributed by atoms with Gasteiger partial charge >= 0.3 is 0 Å². The molecule has 0 aromatic carbocycles. The van der Waals surface area contributed by atoms with E-state index in [-0.39, 0.29) is 11.9 Å². The topological polar surface area (TPSA) is 47.6 Å². The van der Waals surface area contributed by atoms with Gasteiger partial charge in [0, 0.05) is 18.9 Å². The van der Waals surface area contributed by atoms with Crippen molar-refractivity contribution in [2.45, 2.75) is 58.4 Å². The fourth-order valence-electron chi connectivity index (χ4n) is 2.40. The molecule has 22 heavy (non-hydrogen) atoms. The lowest BCUT2D eigenvalue weighted by molar-refractivity contribution is -0.121. The molecular formula is C18H29NO3. The highest BCUT2D eigenvalue weighted by molar-refractivity contribution is 5.77. The first kappa shape index (κ1) is 18.3. The van der Waals surface area contributed by atoms with Gasteiger partial charge in [-0.15, -0.1) is 0 Å². The summed E-state index contributed by atoms with van der Waals surface area (Å²) in [4.78, 5) is 12.0. The van der Waals surface area contributed by atoms with Gasteiger partial charge in [0.1, 0.15) is 0 Å². The van der Waals surface area contributed by atoms with Crippen molar-refractivity contribution in [2.24, 2.45) is 0 Å². The van der Waals surface area contributed by atoms with Gasteiger partial charge in [-0.2, -0.15) is 0 Å². The molecule has 1 aliphatic rings. The fraction of sp³-hybridized carbons (Fsp3) is 0.611. The third-order valence-corrected chi connectivity index (χ3v) is 3.44. The van der Waals surface area contributed by atoms with E-state index in [1.54, 1.807) is 12.2 Å². The minimum atomic E-state index is 0.0541. The summed E-state index contributed by atoms with van der Waals surface area (Å²) in [6.45, 7) is 9.26. The van der Waals surface area contributed by atoms with Crippen LogP contribution in [0.25, 0.3) is 0 Å². The van der Waals surface area contributed by atoms with Crippen LogP contribution in [0.3, 0.4) is 0 Å². The predicted molar refractivity (Wildman–Crippen MR) is 89.2 cm³/mol. The first-order chi connectivity index (χ1) is 10.7. The van der Waals surface area contributed by atoms with E-state index in [4.69, 9.17) is 9.47 Å². The van der Waals surface area contributed by atoms with E-state index in [1.165, 1.54) is 0 Å². The van der Waals surface area contributed by atoms with E-state index >= 15 is 0 Å². The summed E-state index contributed by atoms with van der Waals surface area (Å²) in [5, 5.41) is 3.10. The third-order valence-electron chi connectivity index (χ3n) is 3.44.